The van der Waals surface area contributed by atoms with Crippen LogP contribution in [0.2, 0.25) is 5.02 Å². The van der Waals surface area contributed by atoms with E-state index in [0.717, 1.165) is 6.54 Å². The minimum Gasteiger partial charge on any atom is -0.480 e. The van der Waals surface area contributed by atoms with Crippen molar-refractivity contribution in [2.75, 3.05) is 24.5 Å². The Labute approximate surface area is 122 Å². The minimum absolute atomic E-state index is 0.160. The molecule has 0 bridgehead atoms. The minimum atomic E-state index is -1.04. The number of carboxylic acid groups (broad SMARTS) is 1. The second-order valence-electron chi connectivity index (χ2n) is 5.04. The summed E-state index contributed by atoms with van der Waals surface area (Å²) in [5.41, 5.74) is 0.556. The predicted octanol–water partition coefficient (Wildman–Crippen LogP) is 1.61. The van der Waals surface area contributed by atoms with Gasteiger partial charge in [-0.1, -0.05) is 18.5 Å². The smallest absolute Gasteiger partial charge is 0.323 e. The first-order chi connectivity index (χ1) is 9.49. The van der Waals surface area contributed by atoms with Gasteiger partial charge in [-0.15, -0.1) is 0 Å². The van der Waals surface area contributed by atoms with Crippen LogP contribution in [0.4, 0.5) is 5.69 Å². The molecule has 6 heteroatoms. The van der Waals surface area contributed by atoms with E-state index in [-0.39, 0.29) is 24.3 Å². The Bertz CT molecular complexity index is 504. The molecule has 0 aromatic heterocycles. The van der Waals surface area contributed by atoms with E-state index in [2.05, 4.69) is 5.32 Å². The van der Waals surface area contributed by atoms with Crippen molar-refractivity contribution in [1.29, 1.82) is 0 Å². The molecule has 1 saturated heterocycles. The number of nitrogens with one attached hydrogen (secondary N) is 1. The summed E-state index contributed by atoms with van der Waals surface area (Å²) in [5, 5.41) is 12.7. The third kappa shape index (κ3) is 3.29. The Morgan fingerprint density at radius 2 is 2.00 bits per heavy atom. The molecule has 1 aliphatic rings. The lowest BCUT2D eigenvalue weighted by Crippen LogP contribution is -2.42. The van der Waals surface area contributed by atoms with Crippen LogP contribution in [-0.2, 0) is 9.59 Å². The number of nitrogens with zero attached hydrogens (tertiary/aromatic N) is 1. The number of hydrogen-bond donors (Lipinski definition) is 2. The number of anilines is 1. The van der Waals surface area contributed by atoms with Crippen LogP contribution < -0.4 is 10.2 Å². The summed E-state index contributed by atoms with van der Waals surface area (Å²) in [6.45, 7) is 3.01. The maximum atomic E-state index is 12.6. The molecule has 5 nitrogen and oxygen atoms in total. The zero-order valence-electron chi connectivity index (χ0n) is 11.2. The molecule has 2 rings (SSSR count). The lowest BCUT2D eigenvalue weighted by Gasteiger charge is -2.25. The van der Waals surface area contributed by atoms with Crippen molar-refractivity contribution in [3.05, 3.63) is 29.3 Å². The molecular weight excluding hydrogens is 280 g/mol. The Balaban J connectivity index is 2.24. The summed E-state index contributed by atoms with van der Waals surface area (Å²) in [6, 6.07) is 6.62. The first-order valence-electron chi connectivity index (χ1n) is 6.48. The van der Waals surface area contributed by atoms with E-state index in [1.54, 1.807) is 24.3 Å². The fraction of sp³-hybridized carbons (Fsp3) is 0.429. The van der Waals surface area contributed by atoms with Crippen LogP contribution in [0.25, 0.3) is 0 Å². The highest BCUT2D eigenvalue weighted by atomic mass is 35.5. The van der Waals surface area contributed by atoms with E-state index >= 15 is 0 Å². The average molecular weight is 297 g/mol. The second kappa shape index (κ2) is 6.24. The number of amides is 1. The fourth-order valence-electron chi connectivity index (χ4n) is 2.39. The number of carbonyl (C=O) groups excluding carboxylic acids is 1. The molecule has 108 valence electrons. The zero-order chi connectivity index (χ0) is 14.7. The van der Waals surface area contributed by atoms with Gasteiger partial charge in [0.2, 0.25) is 5.91 Å². The molecule has 0 saturated carbocycles. The monoisotopic (exact) mass is 296 g/mol. The summed E-state index contributed by atoms with van der Waals surface area (Å²) >= 11 is 5.82. The van der Waals surface area contributed by atoms with Crippen LogP contribution in [0, 0.1) is 11.8 Å². The molecule has 2 atom stereocenters. The fourth-order valence-corrected chi connectivity index (χ4v) is 2.52. The second-order valence-corrected chi connectivity index (χ2v) is 5.47. The number of carboxylic acids is 1. The van der Waals surface area contributed by atoms with Gasteiger partial charge in [0, 0.05) is 17.3 Å². The van der Waals surface area contributed by atoms with Crippen LogP contribution in [0.15, 0.2) is 24.3 Å². The van der Waals surface area contributed by atoms with Gasteiger partial charge in [0.15, 0.2) is 0 Å². The number of benzene rings is 1. The van der Waals surface area contributed by atoms with Gasteiger partial charge in [0.1, 0.15) is 6.54 Å². The lowest BCUT2D eigenvalue weighted by molar-refractivity contribution is -0.137. The van der Waals surface area contributed by atoms with Gasteiger partial charge in [0.05, 0.1) is 5.92 Å². The molecule has 1 fully saturated rings. The first kappa shape index (κ1) is 14.8. The van der Waals surface area contributed by atoms with Crippen molar-refractivity contribution in [2.24, 2.45) is 11.8 Å². The molecule has 0 aliphatic carbocycles. The Kier molecular flexibility index (Phi) is 4.62. The lowest BCUT2D eigenvalue weighted by atomic mass is 9.96. The van der Waals surface area contributed by atoms with Gasteiger partial charge >= 0.3 is 5.97 Å². The number of rotatable bonds is 4. The summed E-state index contributed by atoms with van der Waals surface area (Å²) in [7, 11) is 0. The van der Waals surface area contributed by atoms with Crippen molar-refractivity contribution in [3.63, 3.8) is 0 Å². The largest absolute Gasteiger partial charge is 0.480 e. The normalized spacial score (nSPS) is 21.7. The van der Waals surface area contributed by atoms with Crippen molar-refractivity contribution in [1.82, 2.24) is 5.32 Å². The number of aliphatic carboxylic acids is 1. The third-order valence-corrected chi connectivity index (χ3v) is 3.78. The van der Waals surface area contributed by atoms with E-state index in [1.807, 2.05) is 6.92 Å². The number of hydrogen-bond acceptors (Lipinski definition) is 3. The van der Waals surface area contributed by atoms with E-state index in [9.17, 15) is 9.59 Å². The van der Waals surface area contributed by atoms with Crippen molar-refractivity contribution in [3.8, 4) is 0 Å². The SMILES string of the molecule is CC1CNCC1C(=O)N(CC(=O)O)c1ccc(Cl)cc1. The molecule has 1 aromatic rings. The van der Waals surface area contributed by atoms with E-state index in [1.165, 1.54) is 4.90 Å². The van der Waals surface area contributed by atoms with Crippen molar-refractivity contribution in [2.45, 2.75) is 6.92 Å². The number of halogens is 1. The molecule has 2 unspecified atom stereocenters. The third-order valence-electron chi connectivity index (χ3n) is 3.53. The van der Waals surface area contributed by atoms with E-state index in [0.29, 0.717) is 17.3 Å². The summed E-state index contributed by atoms with van der Waals surface area (Å²) in [6.07, 6.45) is 0. The van der Waals surface area contributed by atoms with Gasteiger partial charge in [-0.3, -0.25) is 9.59 Å². The van der Waals surface area contributed by atoms with Gasteiger partial charge in [-0.05, 0) is 36.7 Å². The van der Waals surface area contributed by atoms with Gasteiger partial charge in [0.25, 0.3) is 0 Å². The first-order valence-corrected chi connectivity index (χ1v) is 6.86. The summed E-state index contributed by atoms with van der Waals surface area (Å²) in [4.78, 5) is 24.9. The van der Waals surface area contributed by atoms with Crippen LogP contribution in [0.1, 0.15) is 6.92 Å². The van der Waals surface area contributed by atoms with Crippen molar-refractivity contribution >= 4 is 29.2 Å². The molecular formula is C14H17ClN2O3. The van der Waals surface area contributed by atoms with E-state index in [4.69, 9.17) is 16.7 Å². The highest BCUT2D eigenvalue weighted by molar-refractivity contribution is 6.30. The quantitative estimate of drug-likeness (QED) is 0.886. The topological polar surface area (TPSA) is 69.6 Å². The zero-order valence-corrected chi connectivity index (χ0v) is 11.9. The van der Waals surface area contributed by atoms with Crippen LogP contribution in [0.3, 0.4) is 0 Å². The molecule has 1 aliphatic heterocycles. The molecule has 0 spiro atoms. The van der Waals surface area contributed by atoms with Crippen molar-refractivity contribution < 1.29 is 14.7 Å². The highest BCUT2D eigenvalue weighted by Gasteiger charge is 2.34. The predicted molar refractivity (Wildman–Crippen MR) is 77.0 cm³/mol. The van der Waals surface area contributed by atoms with E-state index < -0.39 is 5.97 Å². The van der Waals surface area contributed by atoms with Crippen LogP contribution in [-0.4, -0.2) is 36.6 Å². The summed E-state index contributed by atoms with van der Waals surface area (Å²) < 4.78 is 0. The van der Waals surface area contributed by atoms with Gasteiger partial charge in [-0.25, -0.2) is 0 Å². The molecule has 1 aromatic carbocycles. The van der Waals surface area contributed by atoms with Gasteiger partial charge in [-0.2, -0.15) is 0 Å². The molecule has 1 amide bonds. The van der Waals surface area contributed by atoms with Crippen LogP contribution in [0.5, 0.6) is 0 Å². The maximum absolute atomic E-state index is 12.6. The average Bonchev–Trinajstić information content (AvgIpc) is 2.82. The maximum Gasteiger partial charge on any atom is 0.323 e. The molecule has 20 heavy (non-hydrogen) atoms. The number of carbonyl (C=O) groups is 2. The Morgan fingerprint density at radius 3 is 2.50 bits per heavy atom. The summed E-state index contributed by atoms with van der Waals surface area (Å²) in [5.74, 6) is -1.18. The molecule has 1 heterocycles. The van der Waals surface area contributed by atoms with Crippen LogP contribution >= 0.6 is 11.6 Å². The molecule has 2 N–H and O–H groups in total. The Morgan fingerprint density at radius 1 is 1.35 bits per heavy atom. The standard InChI is InChI=1S/C14H17ClN2O3/c1-9-6-16-7-12(9)14(20)17(8-13(18)19)11-4-2-10(15)3-5-11/h2-5,9,12,16H,6-8H2,1H3,(H,18,19). The highest BCUT2D eigenvalue weighted by Crippen LogP contribution is 2.24. The molecule has 0 radical (unpaired) electrons. The van der Waals surface area contributed by atoms with Gasteiger partial charge < -0.3 is 15.3 Å². The Hall–Kier alpha value is -1.59.